The predicted octanol–water partition coefficient (Wildman–Crippen LogP) is 3.33. The van der Waals surface area contributed by atoms with Gasteiger partial charge < -0.3 is 15.1 Å². The molecule has 1 aliphatic heterocycles. The van der Waals surface area contributed by atoms with Gasteiger partial charge >= 0.3 is 0 Å². The van der Waals surface area contributed by atoms with E-state index in [1.807, 2.05) is 0 Å². The van der Waals surface area contributed by atoms with Crippen molar-refractivity contribution in [2.75, 3.05) is 56.0 Å². The smallest absolute Gasteiger partial charge is 0.272 e. The highest BCUT2D eigenvalue weighted by molar-refractivity contribution is 7.89. The van der Waals surface area contributed by atoms with Crippen molar-refractivity contribution in [2.24, 2.45) is 0 Å². The van der Waals surface area contributed by atoms with Crippen molar-refractivity contribution in [2.45, 2.75) is 32.6 Å². The monoisotopic (exact) mass is 503 g/mol. The van der Waals surface area contributed by atoms with Crippen LogP contribution in [0.4, 0.5) is 17.1 Å². The van der Waals surface area contributed by atoms with E-state index < -0.39 is 20.9 Å². The van der Waals surface area contributed by atoms with Crippen molar-refractivity contribution < 1.29 is 18.1 Å². The second kappa shape index (κ2) is 11.1. The number of aryl methyl sites for hydroxylation is 1. The number of sulfonamides is 1. The van der Waals surface area contributed by atoms with Crippen LogP contribution in [-0.4, -0.2) is 74.3 Å². The summed E-state index contributed by atoms with van der Waals surface area (Å²) < 4.78 is 27.7. The minimum atomic E-state index is -3.73. The topological polar surface area (TPSA) is 116 Å². The van der Waals surface area contributed by atoms with E-state index in [9.17, 15) is 23.3 Å². The van der Waals surface area contributed by atoms with Gasteiger partial charge in [-0.3, -0.25) is 14.9 Å². The molecule has 11 heteroatoms. The summed E-state index contributed by atoms with van der Waals surface area (Å²) in [5, 5.41) is 14.0. The number of hydrogen-bond acceptors (Lipinski definition) is 7. The maximum atomic E-state index is 13.1. The Morgan fingerprint density at radius 1 is 1.06 bits per heavy atom. The maximum absolute atomic E-state index is 13.1. The molecule has 0 saturated carbocycles. The number of benzene rings is 2. The molecule has 0 radical (unpaired) electrons. The average Bonchev–Trinajstić information content (AvgIpc) is 2.84. The van der Waals surface area contributed by atoms with Crippen molar-refractivity contribution in [3.63, 3.8) is 0 Å². The molecule has 1 amide bonds. The number of carbonyl (C=O) groups excluding carboxylic acids is 1. The van der Waals surface area contributed by atoms with Gasteiger partial charge in [0.1, 0.15) is 0 Å². The largest absolute Gasteiger partial charge is 0.367 e. The summed E-state index contributed by atoms with van der Waals surface area (Å²) in [5.41, 5.74) is 1.70. The van der Waals surface area contributed by atoms with Crippen LogP contribution in [0.1, 0.15) is 36.7 Å². The Morgan fingerprint density at radius 3 is 2.26 bits per heavy atom. The molecule has 0 atom stereocenters. The van der Waals surface area contributed by atoms with Gasteiger partial charge in [-0.25, -0.2) is 8.42 Å². The van der Waals surface area contributed by atoms with Crippen molar-refractivity contribution in [1.82, 2.24) is 9.21 Å². The standard InChI is InChI=1S/C24H33N5O5S/c1-5-26-12-14-27(15-13-26)23-11-9-20(35(33,34)28(6-2)7-3)17-21(23)25-24(30)19-8-10-22(29(31)32)18(4)16-19/h8-11,16-17H,5-7,12-15H2,1-4H3,(H,25,30). The third kappa shape index (κ3) is 5.80. The van der Waals surface area contributed by atoms with E-state index in [0.29, 0.717) is 24.3 Å². The molecule has 1 fully saturated rings. The quantitative estimate of drug-likeness (QED) is 0.412. The lowest BCUT2D eigenvalue weighted by Gasteiger charge is -2.36. The normalized spacial score (nSPS) is 14.8. The van der Waals surface area contributed by atoms with Crippen LogP contribution in [0.3, 0.4) is 0 Å². The molecular formula is C24H33N5O5S. The van der Waals surface area contributed by atoms with E-state index >= 15 is 0 Å². The number of carbonyl (C=O) groups is 1. The highest BCUT2D eigenvalue weighted by Gasteiger charge is 2.26. The molecule has 0 aliphatic carbocycles. The number of hydrogen-bond donors (Lipinski definition) is 1. The molecule has 190 valence electrons. The minimum absolute atomic E-state index is 0.0663. The van der Waals surface area contributed by atoms with Crippen LogP contribution in [-0.2, 0) is 10.0 Å². The number of nitrogens with one attached hydrogen (secondary N) is 1. The summed E-state index contributed by atoms with van der Waals surface area (Å²) in [5.74, 6) is -0.464. The fraction of sp³-hybridized carbons (Fsp3) is 0.458. The Bertz CT molecular complexity index is 1190. The van der Waals surface area contributed by atoms with Crippen LogP contribution in [0.5, 0.6) is 0 Å². The number of nitro benzene ring substituents is 1. The second-order valence-electron chi connectivity index (χ2n) is 8.40. The van der Waals surface area contributed by atoms with Crippen LogP contribution < -0.4 is 10.2 Å². The van der Waals surface area contributed by atoms with Gasteiger partial charge in [0.25, 0.3) is 11.6 Å². The molecule has 1 heterocycles. The lowest BCUT2D eigenvalue weighted by Crippen LogP contribution is -2.46. The highest BCUT2D eigenvalue weighted by atomic mass is 32.2. The van der Waals surface area contributed by atoms with Gasteiger partial charge in [-0.1, -0.05) is 20.8 Å². The van der Waals surface area contributed by atoms with Crippen molar-refractivity contribution in [3.8, 4) is 0 Å². The molecule has 2 aromatic rings. The molecule has 3 rings (SSSR count). The van der Waals surface area contributed by atoms with Crippen LogP contribution in [0.15, 0.2) is 41.3 Å². The van der Waals surface area contributed by atoms with Crippen LogP contribution in [0.2, 0.25) is 0 Å². The van der Waals surface area contributed by atoms with E-state index in [0.717, 1.165) is 38.4 Å². The highest BCUT2D eigenvalue weighted by Crippen LogP contribution is 2.32. The second-order valence-corrected chi connectivity index (χ2v) is 10.3. The third-order valence-electron chi connectivity index (χ3n) is 6.38. The predicted molar refractivity (Wildman–Crippen MR) is 137 cm³/mol. The first-order chi connectivity index (χ1) is 16.6. The first-order valence-electron chi connectivity index (χ1n) is 11.8. The molecule has 0 unspecified atom stereocenters. The van der Waals surface area contributed by atoms with E-state index in [1.54, 1.807) is 32.9 Å². The van der Waals surface area contributed by atoms with Crippen LogP contribution >= 0.6 is 0 Å². The molecule has 0 aromatic heterocycles. The first kappa shape index (κ1) is 26.6. The zero-order valence-corrected chi connectivity index (χ0v) is 21.5. The summed E-state index contributed by atoms with van der Waals surface area (Å²) in [7, 11) is -3.73. The van der Waals surface area contributed by atoms with E-state index in [4.69, 9.17) is 0 Å². The van der Waals surface area contributed by atoms with Gasteiger partial charge in [0.15, 0.2) is 0 Å². The number of amides is 1. The number of rotatable bonds is 9. The van der Waals surface area contributed by atoms with E-state index in [2.05, 4.69) is 22.0 Å². The van der Waals surface area contributed by atoms with Crippen molar-refractivity contribution in [1.29, 1.82) is 0 Å². The molecular weight excluding hydrogens is 470 g/mol. The number of piperazine rings is 1. The van der Waals surface area contributed by atoms with Gasteiger partial charge in [0, 0.05) is 56.5 Å². The Labute approximate surface area is 206 Å². The summed E-state index contributed by atoms with van der Waals surface area (Å²) >= 11 is 0. The van der Waals surface area contributed by atoms with Gasteiger partial charge in [-0.05, 0) is 43.8 Å². The summed E-state index contributed by atoms with van der Waals surface area (Å²) in [6.07, 6.45) is 0. The Hall–Kier alpha value is -3.02. The molecule has 10 nitrogen and oxygen atoms in total. The number of nitro groups is 1. The fourth-order valence-corrected chi connectivity index (χ4v) is 5.75. The number of anilines is 2. The molecule has 0 bridgehead atoms. The van der Waals surface area contributed by atoms with Crippen LogP contribution in [0.25, 0.3) is 0 Å². The zero-order valence-electron chi connectivity index (χ0n) is 20.7. The molecule has 1 saturated heterocycles. The molecule has 0 spiro atoms. The Kier molecular flexibility index (Phi) is 8.47. The van der Waals surface area contributed by atoms with Crippen molar-refractivity contribution >= 4 is 33.0 Å². The summed E-state index contributed by atoms with van der Waals surface area (Å²) in [6.45, 7) is 12.1. The summed E-state index contributed by atoms with van der Waals surface area (Å²) in [4.78, 5) is 28.3. The van der Waals surface area contributed by atoms with E-state index in [-0.39, 0.29) is 16.1 Å². The Morgan fingerprint density at radius 2 is 1.71 bits per heavy atom. The van der Waals surface area contributed by atoms with Gasteiger partial charge in [-0.2, -0.15) is 4.31 Å². The lowest BCUT2D eigenvalue weighted by molar-refractivity contribution is -0.385. The molecule has 35 heavy (non-hydrogen) atoms. The fourth-order valence-electron chi connectivity index (χ4n) is 4.27. The number of nitrogens with zero attached hydrogens (tertiary/aromatic N) is 4. The molecule has 2 aromatic carbocycles. The number of likely N-dealkylation sites (N-methyl/N-ethyl adjacent to an activating group) is 1. The Balaban J connectivity index is 1.99. The van der Waals surface area contributed by atoms with Crippen LogP contribution in [0, 0.1) is 17.0 Å². The lowest BCUT2D eigenvalue weighted by atomic mass is 10.1. The van der Waals surface area contributed by atoms with Gasteiger partial charge in [0.05, 0.1) is 21.2 Å². The first-order valence-corrected chi connectivity index (χ1v) is 13.2. The SMILES string of the molecule is CCN1CCN(c2ccc(S(=O)(=O)N(CC)CC)cc2NC(=O)c2ccc([N+](=O)[O-])c(C)c2)CC1. The third-order valence-corrected chi connectivity index (χ3v) is 8.42. The zero-order chi connectivity index (χ0) is 25.8. The minimum Gasteiger partial charge on any atom is -0.367 e. The average molecular weight is 504 g/mol. The molecule has 1 N–H and O–H groups in total. The maximum Gasteiger partial charge on any atom is 0.272 e. The molecule has 1 aliphatic rings. The summed E-state index contributed by atoms with van der Waals surface area (Å²) in [6, 6.07) is 9.00. The van der Waals surface area contributed by atoms with Crippen molar-refractivity contribution in [3.05, 3.63) is 57.6 Å². The van der Waals surface area contributed by atoms with Gasteiger partial charge in [-0.15, -0.1) is 0 Å². The van der Waals surface area contributed by atoms with E-state index in [1.165, 1.54) is 28.6 Å². The van der Waals surface area contributed by atoms with Gasteiger partial charge in [0.2, 0.25) is 10.0 Å².